The van der Waals surface area contributed by atoms with Crippen LogP contribution in [0.2, 0.25) is 0 Å². The van der Waals surface area contributed by atoms with Crippen LogP contribution in [0.25, 0.3) is 0 Å². The minimum absolute atomic E-state index is 0.0939. The Labute approximate surface area is 184 Å². The molecule has 31 heavy (non-hydrogen) atoms. The summed E-state index contributed by atoms with van der Waals surface area (Å²) in [5.74, 6) is -0.236. The van der Waals surface area contributed by atoms with E-state index in [4.69, 9.17) is 0 Å². The van der Waals surface area contributed by atoms with Gasteiger partial charge in [-0.15, -0.1) is 0 Å². The van der Waals surface area contributed by atoms with Crippen LogP contribution in [0.1, 0.15) is 41.6 Å². The van der Waals surface area contributed by atoms with Crippen LogP contribution >= 0.6 is 0 Å². The van der Waals surface area contributed by atoms with Gasteiger partial charge in [0.1, 0.15) is 0 Å². The van der Waals surface area contributed by atoms with Gasteiger partial charge in [-0.3, -0.25) is 9.59 Å². The summed E-state index contributed by atoms with van der Waals surface area (Å²) in [6.07, 6.45) is 3.66. The molecule has 0 aromatic heterocycles. The number of anilines is 1. The molecule has 1 heterocycles. The molecule has 0 atom stereocenters. The quantitative estimate of drug-likeness (QED) is 0.712. The molecule has 166 valence electrons. The van der Waals surface area contributed by atoms with Crippen molar-refractivity contribution in [3.63, 3.8) is 0 Å². The topological polar surface area (TPSA) is 86.8 Å². The Bertz CT molecular complexity index is 1010. The van der Waals surface area contributed by atoms with Gasteiger partial charge in [-0.1, -0.05) is 18.6 Å². The van der Waals surface area contributed by atoms with E-state index in [0.29, 0.717) is 35.7 Å². The van der Waals surface area contributed by atoms with Crippen molar-refractivity contribution in [2.24, 2.45) is 0 Å². The number of amides is 2. The molecule has 1 aliphatic rings. The summed E-state index contributed by atoms with van der Waals surface area (Å²) >= 11 is 0. The monoisotopic (exact) mass is 443 g/mol. The predicted molar refractivity (Wildman–Crippen MR) is 120 cm³/mol. The number of piperidine rings is 1. The molecule has 1 saturated heterocycles. The van der Waals surface area contributed by atoms with Gasteiger partial charge in [0.2, 0.25) is 15.9 Å². The van der Waals surface area contributed by atoms with Crippen LogP contribution in [0, 0.1) is 0 Å². The van der Waals surface area contributed by atoms with E-state index in [-0.39, 0.29) is 18.2 Å². The largest absolute Gasteiger partial charge is 0.345 e. The first-order chi connectivity index (χ1) is 14.8. The summed E-state index contributed by atoms with van der Waals surface area (Å²) in [4.78, 5) is 26.0. The van der Waals surface area contributed by atoms with E-state index in [9.17, 15) is 18.0 Å². The lowest BCUT2D eigenvalue weighted by Gasteiger charge is -2.25. The Hall–Kier alpha value is -2.71. The van der Waals surface area contributed by atoms with Crippen LogP contribution < -0.4 is 5.32 Å². The van der Waals surface area contributed by atoms with Crippen LogP contribution in [0.5, 0.6) is 0 Å². The van der Waals surface area contributed by atoms with Gasteiger partial charge in [0.05, 0.1) is 4.90 Å². The van der Waals surface area contributed by atoms with E-state index in [1.54, 1.807) is 66.9 Å². The van der Waals surface area contributed by atoms with Gasteiger partial charge >= 0.3 is 0 Å². The third-order valence-electron chi connectivity index (χ3n) is 5.34. The second-order valence-corrected chi connectivity index (χ2v) is 9.87. The lowest BCUT2D eigenvalue weighted by atomic mass is 10.1. The molecular formula is C23H29N3O4S. The fourth-order valence-corrected chi connectivity index (χ4v) is 5.04. The zero-order valence-electron chi connectivity index (χ0n) is 18.0. The van der Waals surface area contributed by atoms with Crippen molar-refractivity contribution in [2.45, 2.75) is 37.0 Å². The Kier molecular flexibility index (Phi) is 7.46. The maximum Gasteiger partial charge on any atom is 0.253 e. The fourth-order valence-electron chi connectivity index (χ4n) is 3.52. The summed E-state index contributed by atoms with van der Waals surface area (Å²) in [6, 6.07) is 13.6. The molecule has 1 fully saturated rings. The SMILES string of the molecule is CN(C)C(=O)c1ccc(NC(=O)CCc2ccc(S(=O)(=O)N3CCCCC3)cc2)cc1. The third kappa shape index (κ3) is 5.92. The lowest BCUT2D eigenvalue weighted by molar-refractivity contribution is -0.116. The Morgan fingerprint density at radius 2 is 1.55 bits per heavy atom. The normalized spacial score (nSPS) is 14.8. The highest BCUT2D eigenvalue weighted by Crippen LogP contribution is 2.21. The number of nitrogens with one attached hydrogen (secondary N) is 1. The number of hydrogen-bond acceptors (Lipinski definition) is 4. The molecule has 0 saturated carbocycles. The molecule has 1 aliphatic heterocycles. The molecular weight excluding hydrogens is 414 g/mol. The molecule has 2 aromatic carbocycles. The first-order valence-electron chi connectivity index (χ1n) is 10.5. The highest BCUT2D eigenvalue weighted by molar-refractivity contribution is 7.89. The van der Waals surface area contributed by atoms with Crippen LogP contribution in [0.15, 0.2) is 53.4 Å². The van der Waals surface area contributed by atoms with Gasteiger partial charge < -0.3 is 10.2 Å². The lowest BCUT2D eigenvalue weighted by Crippen LogP contribution is -2.35. The molecule has 7 nitrogen and oxygen atoms in total. The van der Waals surface area contributed by atoms with Crippen molar-refractivity contribution in [1.29, 1.82) is 0 Å². The smallest absolute Gasteiger partial charge is 0.253 e. The first kappa shape index (κ1) is 23.0. The van der Waals surface area contributed by atoms with Crippen molar-refractivity contribution in [3.05, 3.63) is 59.7 Å². The molecule has 0 unspecified atom stereocenters. The molecule has 2 aromatic rings. The number of benzene rings is 2. The van der Waals surface area contributed by atoms with Crippen LogP contribution in [-0.4, -0.2) is 56.6 Å². The Morgan fingerprint density at radius 1 is 0.935 bits per heavy atom. The van der Waals surface area contributed by atoms with Crippen molar-refractivity contribution in [2.75, 3.05) is 32.5 Å². The van der Waals surface area contributed by atoms with Crippen molar-refractivity contribution >= 4 is 27.5 Å². The van der Waals surface area contributed by atoms with E-state index in [0.717, 1.165) is 24.8 Å². The zero-order valence-corrected chi connectivity index (χ0v) is 18.8. The van der Waals surface area contributed by atoms with Gasteiger partial charge in [0.25, 0.3) is 5.91 Å². The maximum atomic E-state index is 12.7. The summed E-state index contributed by atoms with van der Waals surface area (Å²) in [7, 11) is -0.0626. The Balaban J connectivity index is 1.53. The van der Waals surface area contributed by atoms with Gasteiger partial charge in [-0.05, 0) is 61.2 Å². The van der Waals surface area contributed by atoms with Gasteiger partial charge in [-0.25, -0.2) is 8.42 Å². The summed E-state index contributed by atoms with van der Waals surface area (Å²) < 4.78 is 27.0. The molecule has 1 N–H and O–H groups in total. The van der Waals surface area contributed by atoms with Gasteiger partial charge in [0.15, 0.2) is 0 Å². The first-order valence-corrected chi connectivity index (χ1v) is 11.9. The summed E-state index contributed by atoms with van der Waals surface area (Å²) in [5.41, 5.74) is 2.09. The van der Waals surface area contributed by atoms with E-state index in [2.05, 4.69) is 5.32 Å². The number of rotatable bonds is 7. The zero-order chi connectivity index (χ0) is 22.4. The van der Waals surface area contributed by atoms with Crippen molar-refractivity contribution in [3.8, 4) is 0 Å². The Morgan fingerprint density at radius 3 is 2.13 bits per heavy atom. The van der Waals surface area contributed by atoms with E-state index in [1.807, 2.05) is 0 Å². The highest BCUT2D eigenvalue weighted by atomic mass is 32.2. The van der Waals surface area contributed by atoms with Crippen LogP contribution in [-0.2, 0) is 21.2 Å². The molecule has 0 aliphatic carbocycles. The van der Waals surface area contributed by atoms with E-state index in [1.165, 1.54) is 4.90 Å². The number of nitrogens with zero attached hydrogens (tertiary/aromatic N) is 2. The second kappa shape index (κ2) is 10.1. The van der Waals surface area contributed by atoms with Crippen LogP contribution in [0.3, 0.4) is 0 Å². The minimum atomic E-state index is -3.44. The standard InChI is InChI=1S/C23H29N3O4S/c1-25(2)23(28)19-9-11-20(12-10-19)24-22(27)15-8-18-6-13-21(14-7-18)31(29,30)26-16-4-3-5-17-26/h6-7,9-14H,3-5,8,15-17H2,1-2H3,(H,24,27). The van der Waals surface area contributed by atoms with Gasteiger partial charge in [-0.2, -0.15) is 4.31 Å². The second-order valence-electron chi connectivity index (χ2n) is 7.93. The third-order valence-corrected chi connectivity index (χ3v) is 7.25. The van der Waals surface area contributed by atoms with E-state index >= 15 is 0 Å². The average molecular weight is 444 g/mol. The number of carbonyl (C=O) groups excluding carboxylic acids is 2. The number of hydrogen-bond donors (Lipinski definition) is 1. The predicted octanol–water partition coefficient (Wildman–Crippen LogP) is 3.13. The molecule has 0 spiro atoms. The molecule has 3 rings (SSSR count). The van der Waals surface area contributed by atoms with E-state index < -0.39 is 10.0 Å². The number of carbonyl (C=O) groups is 2. The molecule has 0 bridgehead atoms. The van der Waals surface area contributed by atoms with Crippen molar-refractivity contribution in [1.82, 2.24) is 9.21 Å². The average Bonchev–Trinajstić information content (AvgIpc) is 2.78. The summed E-state index contributed by atoms with van der Waals surface area (Å²) in [6.45, 7) is 1.16. The minimum Gasteiger partial charge on any atom is -0.345 e. The highest BCUT2D eigenvalue weighted by Gasteiger charge is 2.25. The van der Waals surface area contributed by atoms with Crippen LogP contribution in [0.4, 0.5) is 5.69 Å². The van der Waals surface area contributed by atoms with Gasteiger partial charge in [0, 0.05) is 44.9 Å². The summed E-state index contributed by atoms with van der Waals surface area (Å²) in [5, 5.41) is 2.82. The molecule has 2 amide bonds. The van der Waals surface area contributed by atoms with Crippen molar-refractivity contribution < 1.29 is 18.0 Å². The molecule has 0 radical (unpaired) electrons. The number of aryl methyl sites for hydroxylation is 1. The number of sulfonamides is 1. The molecule has 8 heteroatoms. The fraction of sp³-hybridized carbons (Fsp3) is 0.391. The maximum absolute atomic E-state index is 12.7.